The summed E-state index contributed by atoms with van der Waals surface area (Å²) in [6.07, 6.45) is 2.30. The van der Waals surface area contributed by atoms with Crippen molar-refractivity contribution in [3.05, 3.63) is 10.9 Å². The molecule has 1 aliphatic carbocycles. The summed E-state index contributed by atoms with van der Waals surface area (Å²) >= 11 is 7.74. The lowest BCUT2D eigenvalue weighted by Gasteiger charge is -2.14. The van der Waals surface area contributed by atoms with Gasteiger partial charge in [-0.25, -0.2) is 0 Å². The van der Waals surface area contributed by atoms with E-state index in [1.807, 2.05) is 6.07 Å². The number of rotatable bonds is 2. The van der Waals surface area contributed by atoms with Gasteiger partial charge in [0.25, 0.3) is 0 Å². The molecule has 2 nitrogen and oxygen atoms in total. The Morgan fingerprint density at radius 2 is 2.36 bits per heavy atom. The second-order valence-corrected chi connectivity index (χ2v) is 5.23. The van der Waals surface area contributed by atoms with Crippen LogP contribution in [0, 0.1) is 5.92 Å². The maximum atomic E-state index is 6.20. The van der Waals surface area contributed by atoms with Crippen LogP contribution in [0.25, 0.3) is 0 Å². The van der Waals surface area contributed by atoms with Gasteiger partial charge in [0.05, 0.1) is 7.11 Å². The van der Waals surface area contributed by atoms with E-state index in [2.05, 4.69) is 11.3 Å². The Balaban J connectivity index is 2.15. The van der Waals surface area contributed by atoms with E-state index in [0.29, 0.717) is 17.2 Å². The van der Waals surface area contributed by atoms with Gasteiger partial charge in [0.15, 0.2) is 0 Å². The van der Waals surface area contributed by atoms with Crippen molar-refractivity contribution in [3.63, 3.8) is 0 Å². The van der Waals surface area contributed by atoms with Gasteiger partial charge in [0, 0.05) is 16.3 Å². The molecule has 0 amide bonds. The van der Waals surface area contributed by atoms with Gasteiger partial charge in [-0.1, -0.05) is 6.92 Å². The van der Waals surface area contributed by atoms with Crippen molar-refractivity contribution < 1.29 is 4.74 Å². The number of ether oxygens (including phenoxy) is 1. The fraction of sp³-hybridized carbons (Fsp3) is 0.700. The molecule has 1 aromatic rings. The van der Waals surface area contributed by atoms with Crippen LogP contribution in [0.15, 0.2) is 6.07 Å². The lowest BCUT2D eigenvalue weighted by atomic mass is 9.96. The first-order valence-corrected chi connectivity index (χ1v) is 6.08. The van der Waals surface area contributed by atoms with Crippen molar-refractivity contribution in [1.82, 2.24) is 4.37 Å². The van der Waals surface area contributed by atoms with Crippen molar-refractivity contribution in [2.75, 3.05) is 7.11 Å². The minimum absolute atomic E-state index is 0.327. The van der Waals surface area contributed by atoms with Crippen LogP contribution in [0.3, 0.4) is 0 Å². The minimum atomic E-state index is 0.327. The molecule has 0 aromatic carbocycles. The fourth-order valence-corrected chi connectivity index (χ4v) is 3.31. The standard InChI is InChI=1S/C10H14ClNOS/c1-6-7(3-4-8(6)11)9-5-10(13-2)12-14-9/h5-8H,3-4H2,1-2H3. The third kappa shape index (κ3) is 1.75. The Morgan fingerprint density at radius 3 is 2.86 bits per heavy atom. The zero-order chi connectivity index (χ0) is 10.1. The number of nitrogens with zero attached hydrogens (tertiary/aromatic N) is 1. The van der Waals surface area contributed by atoms with E-state index in [-0.39, 0.29) is 0 Å². The quantitative estimate of drug-likeness (QED) is 0.729. The summed E-state index contributed by atoms with van der Waals surface area (Å²) in [5.41, 5.74) is 0. The molecule has 0 radical (unpaired) electrons. The molecule has 0 N–H and O–H groups in total. The lowest BCUT2D eigenvalue weighted by Crippen LogP contribution is -2.08. The third-order valence-corrected chi connectivity index (χ3v) is 4.56. The predicted octanol–water partition coefficient (Wildman–Crippen LogP) is 3.27. The SMILES string of the molecule is COc1cc(C2CCC(Cl)C2C)sn1. The number of hydrogen-bond donors (Lipinski definition) is 0. The second kappa shape index (κ2) is 4.07. The summed E-state index contributed by atoms with van der Waals surface area (Å²) in [6, 6.07) is 2.04. The molecule has 14 heavy (non-hydrogen) atoms. The molecule has 2 rings (SSSR count). The molecule has 0 saturated heterocycles. The fourth-order valence-electron chi connectivity index (χ4n) is 2.06. The van der Waals surface area contributed by atoms with Gasteiger partial charge < -0.3 is 4.74 Å². The third-order valence-electron chi connectivity index (χ3n) is 3.04. The Labute approximate surface area is 93.4 Å². The van der Waals surface area contributed by atoms with E-state index in [4.69, 9.17) is 16.3 Å². The molecule has 1 aromatic heterocycles. The first-order valence-electron chi connectivity index (χ1n) is 4.87. The van der Waals surface area contributed by atoms with Crippen LogP contribution in [-0.2, 0) is 0 Å². The van der Waals surface area contributed by atoms with Crippen LogP contribution in [0.1, 0.15) is 30.6 Å². The maximum absolute atomic E-state index is 6.20. The van der Waals surface area contributed by atoms with E-state index in [0.717, 1.165) is 12.3 Å². The summed E-state index contributed by atoms with van der Waals surface area (Å²) in [5.74, 6) is 1.87. The normalized spacial score (nSPS) is 32.1. The van der Waals surface area contributed by atoms with Gasteiger partial charge in [0.2, 0.25) is 5.88 Å². The number of aromatic nitrogens is 1. The molecule has 1 heterocycles. The lowest BCUT2D eigenvalue weighted by molar-refractivity contribution is 0.402. The zero-order valence-electron chi connectivity index (χ0n) is 8.37. The smallest absolute Gasteiger partial charge is 0.225 e. The molecule has 3 unspecified atom stereocenters. The Kier molecular flexibility index (Phi) is 2.98. The number of halogens is 1. The highest BCUT2D eigenvalue weighted by atomic mass is 35.5. The Bertz CT molecular complexity index is 315. The first-order chi connectivity index (χ1) is 6.72. The largest absolute Gasteiger partial charge is 0.480 e. The summed E-state index contributed by atoms with van der Waals surface area (Å²) in [4.78, 5) is 1.32. The zero-order valence-corrected chi connectivity index (χ0v) is 9.94. The second-order valence-electron chi connectivity index (χ2n) is 3.83. The van der Waals surface area contributed by atoms with Crippen molar-refractivity contribution in [3.8, 4) is 5.88 Å². The van der Waals surface area contributed by atoms with Gasteiger partial charge in [-0.05, 0) is 36.2 Å². The number of alkyl halides is 1. The first kappa shape index (κ1) is 10.2. The molecule has 1 fully saturated rings. The van der Waals surface area contributed by atoms with Crippen LogP contribution < -0.4 is 4.74 Å². The Hall–Kier alpha value is -0.280. The van der Waals surface area contributed by atoms with Crippen molar-refractivity contribution in [2.45, 2.75) is 31.1 Å². The molecule has 0 aliphatic heterocycles. The highest BCUT2D eigenvalue weighted by Gasteiger charge is 2.33. The maximum Gasteiger partial charge on any atom is 0.225 e. The van der Waals surface area contributed by atoms with Crippen molar-refractivity contribution >= 4 is 23.1 Å². The van der Waals surface area contributed by atoms with Crippen LogP contribution in [0.2, 0.25) is 0 Å². The summed E-state index contributed by atoms with van der Waals surface area (Å²) in [7, 11) is 1.65. The molecular formula is C10H14ClNOS. The van der Waals surface area contributed by atoms with E-state index in [1.54, 1.807) is 18.6 Å². The van der Waals surface area contributed by atoms with Gasteiger partial charge in [0.1, 0.15) is 0 Å². The molecule has 0 spiro atoms. The molecule has 1 aliphatic rings. The average Bonchev–Trinajstić information content (AvgIpc) is 2.75. The van der Waals surface area contributed by atoms with Gasteiger partial charge in [-0.2, -0.15) is 4.37 Å². The monoisotopic (exact) mass is 231 g/mol. The van der Waals surface area contributed by atoms with Crippen molar-refractivity contribution in [2.24, 2.45) is 5.92 Å². The molecule has 0 bridgehead atoms. The molecule has 4 heteroatoms. The van der Waals surface area contributed by atoms with Gasteiger partial charge in [-0.15, -0.1) is 11.6 Å². The molecular weight excluding hydrogens is 218 g/mol. The van der Waals surface area contributed by atoms with Crippen LogP contribution >= 0.6 is 23.1 Å². The van der Waals surface area contributed by atoms with E-state index in [1.165, 1.54) is 11.3 Å². The highest BCUT2D eigenvalue weighted by molar-refractivity contribution is 7.06. The van der Waals surface area contributed by atoms with E-state index < -0.39 is 0 Å². The topological polar surface area (TPSA) is 22.1 Å². The summed E-state index contributed by atoms with van der Waals surface area (Å²) in [6.45, 7) is 2.22. The van der Waals surface area contributed by atoms with Crippen LogP contribution in [-0.4, -0.2) is 16.9 Å². The summed E-state index contributed by atoms with van der Waals surface area (Å²) in [5, 5.41) is 0.327. The van der Waals surface area contributed by atoms with E-state index in [9.17, 15) is 0 Å². The number of hydrogen-bond acceptors (Lipinski definition) is 3. The molecule has 78 valence electrons. The average molecular weight is 232 g/mol. The summed E-state index contributed by atoms with van der Waals surface area (Å²) < 4.78 is 9.30. The predicted molar refractivity (Wildman–Crippen MR) is 59.4 cm³/mol. The number of methoxy groups -OCH3 is 1. The van der Waals surface area contributed by atoms with Crippen molar-refractivity contribution in [1.29, 1.82) is 0 Å². The van der Waals surface area contributed by atoms with Crippen LogP contribution in [0.4, 0.5) is 0 Å². The highest BCUT2D eigenvalue weighted by Crippen LogP contribution is 2.44. The van der Waals surface area contributed by atoms with Crippen LogP contribution in [0.5, 0.6) is 5.88 Å². The minimum Gasteiger partial charge on any atom is -0.480 e. The molecule has 1 saturated carbocycles. The van der Waals surface area contributed by atoms with E-state index >= 15 is 0 Å². The molecule has 3 atom stereocenters. The Morgan fingerprint density at radius 1 is 1.57 bits per heavy atom. The van der Waals surface area contributed by atoms with Gasteiger partial charge in [-0.3, -0.25) is 0 Å². The van der Waals surface area contributed by atoms with Gasteiger partial charge >= 0.3 is 0 Å².